The number of hydrogen-bond donors (Lipinski definition) is 1. The number of hydrogen-bond acceptors (Lipinski definition) is 4. The summed E-state index contributed by atoms with van der Waals surface area (Å²) < 4.78 is 67.3. The van der Waals surface area contributed by atoms with Crippen molar-refractivity contribution in [3.05, 3.63) is 29.8 Å². The van der Waals surface area contributed by atoms with E-state index in [9.17, 15) is 26.4 Å². The Kier molecular flexibility index (Phi) is 5.59. The summed E-state index contributed by atoms with van der Waals surface area (Å²) >= 11 is 0. The number of alkyl halides is 3. The number of methoxy groups -OCH3 is 1. The maximum atomic E-state index is 12.5. The minimum Gasteiger partial charge on any atom is -0.469 e. The molecule has 9 heteroatoms. The summed E-state index contributed by atoms with van der Waals surface area (Å²) in [6, 6.07) is 3.87. The van der Waals surface area contributed by atoms with Crippen molar-refractivity contribution in [1.29, 1.82) is 0 Å². The van der Waals surface area contributed by atoms with Crippen LogP contribution in [0.1, 0.15) is 18.4 Å². The summed E-state index contributed by atoms with van der Waals surface area (Å²) in [6.07, 6.45) is -4.62. The van der Waals surface area contributed by atoms with Crippen LogP contribution in [-0.2, 0) is 25.7 Å². The highest BCUT2D eigenvalue weighted by atomic mass is 32.2. The lowest BCUT2D eigenvalue weighted by molar-refractivity contribution is -0.140. The summed E-state index contributed by atoms with van der Waals surface area (Å²) in [7, 11) is -2.65. The number of carbonyl (C=O) groups is 1. The Morgan fingerprint density at radius 1 is 1.33 bits per heavy atom. The van der Waals surface area contributed by atoms with Gasteiger partial charge in [0.05, 0.1) is 18.4 Å². The van der Waals surface area contributed by atoms with E-state index in [4.69, 9.17) is 0 Å². The summed E-state index contributed by atoms with van der Waals surface area (Å²) in [6.45, 7) is 0. The normalized spacial score (nSPS) is 12.0. The minimum absolute atomic E-state index is 0.0148. The van der Waals surface area contributed by atoms with E-state index in [1.807, 2.05) is 4.72 Å². The average molecular weight is 325 g/mol. The fraction of sp³-hybridized carbons (Fsp3) is 0.417. The van der Waals surface area contributed by atoms with Crippen molar-refractivity contribution in [3.63, 3.8) is 0 Å². The minimum atomic E-state index is -4.55. The van der Waals surface area contributed by atoms with Crippen LogP contribution in [0.3, 0.4) is 0 Å². The van der Waals surface area contributed by atoms with Gasteiger partial charge in [-0.15, -0.1) is 0 Å². The van der Waals surface area contributed by atoms with Gasteiger partial charge in [-0.2, -0.15) is 13.2 Å². The summed E-state index contributed by atoms with van der Waals surface area (Å²) in [5.74, 6) is -0.942. The van der Waals surface area contributed by atoms with E-state index in [1.54, 1.807) is 0 Å². The van der Waals surface area contributed by atoms with Crippen molar-refractivity contribution < 1.29 is 31.1 Å². The Morgan fingerprint density at radius 3 is 2.57 bits per heavy atom. The fourth-order valence-electron chi connectivity index (χ4n) is 1.50. The van der Waals surface area contributed by atoms with Gasteiger partial charge in [-0.25, -0.2) is 8.42 Å². The lowest BCUT2D eigenvalue weighted by atomic mass is 10.2. The van der Waals surface area contributed by atoms with E-state index >= 15 is 0 Å². The molecule has 0 bridgehead atoms. The molecule has 1 aromatic rings. The molecule has 0 amide bonds. The Bertz CT molecular complexity index is 599. The first-order valence-electron chi connectivity index (χ1n) is 5.88. The molecule has 1 aromatic carbocycles. The topological polar surface area (TPSA) is 72.5 Å². The molecule has 1 rings (SSSR count). The molecule has 0 aliphatic heterocycles. The van der Waals surface area contributed by atoms with Crippen LogP contribution in [0.25, 0.3) is 0 Å². The first-order chi connectivity index (χ1) is 9.64. The summed E-state index contributed by atoms with van der Waals surface area (Å²) in [4.78, 5) is 10.8. The Morgan fingerprint density at radius 2 is 2.00 bits per heavy atom. The zero-order valence-electron chi connectivity index (χ0n) is 11.1. The number of halogens is 3. The largest absolute Gasteiger partial charge is 0.469 e. The third-order valence-electron chi connectivity index (χ3n) is 2.48. The number of anilines is 1. The number of carbonyl (C=O) groups excluding carboxylic acids is 1. The van der Waals surface area contributed by atoms with E-state index in [0.29, 0.717) is 6.07 Å². The van der Waals surface area contributed by atoms with Gasteiger partial charge < -0.3 is 4.74 Å². The molecule has 0 saturated heterocycles. The quantitative estimate of drug-likeness (QED) is 0.815. The van der Waals surface area contributed by atoms with Crippen LogP contribution < -0.4 is 4.72 Å². The van der Waals surface area contributed by atoms with Gasteiger partial charge in [0.2, 0.25) is 10.0 Å². The molecule has 5 nitrogen and oxygen atoms in total. The molecule has 0 heterocycles. The Labute approximate surface area is 120 Å². The molecule has 1 N–H and O–H groups in total. The first-order valence-corrected chi connectivity index (χ1v) is 7.54. The number of esters is 1. The van der Waals surface area contributed by atoms with Crippen LogP contribution in [0.2, 0.25) is 0 Å². The third-order valence-corrected chi connectivity index (χ3v) is 3.86. The predicted molar refractivity (Wildman–Crippen MR) is 70.1 cm³/mol. The molecule has 0 aliphatic carbocycles. The van der Waals surface area contributed by atoms with Crippen molar-refractivity contribution in [2.75, 3.05) is 17.6 Å². The highest BCUT2D eigenvalue weighted by molar-refractivity contribution is 7.92. The fourth-order valence-corrected chi connectivity index (χ4v) is 2.61. The molecule has 118 valence electrons. The van der Waals surface area contributed by atoms with Crippen molar-refractivity contribution in [2.24, 2.45) is 0 Å². The lowest BCUT2D eigenvalue weighted by Crippen LogP contribution is -2.18. The Balaban J connectivity index is 2.69. The highest BCUT2D eigenvalue weighted by Crippen LogP contribution is 2.30. The molecule has 0 aromatic heterocycles. The predicted octanol–water partition coefficient (Wildman–Crippen LogP) is 2.40. The zero-order valence-corrected chi connectivity index (χ0v) is 11.9. The SMILES string of the molecule is COC(=O)CCCS(=O)(=O)Nc1cccc(C(F)(F)F)c1. The summed E-state index contributed by atoms with van der Waals surface area (Å²) in [5, 5.41) is 0. The van der Waals surface area contributed by atoms with Gasteiger partial charge in [0.1, 0.15) is 0 Å². The van der Waals surface area contributed by atoms with Crippen molar-refractivity contribution in [3.8, 4) is 0 Å². The van der Waals surface area contributed by atoms with Gasteiger partial charge in [-0.1, -0.05) is 6.07 Å². The molecule has 21 heavy (non-hydrogen) atoms. The average Bonchev–Trinajstić information content (AvgIpc) is 2.37. The van der Waals surface area contributed by atoms with Crippen LogP contribution in [0.4, 0.5) is 18.9 Å². The van der Waals surface area contributed by atoms with Gasteiger partial charge in [-0.05, 0) is 24.6 Å². The van der Waals surface area contributed by atoms with Crippen LogP contribution >= 0.6 is 0 Å². The van der Waals surface area contributed by atoms with E-state index in [2.05, 4.69) is 4.74 Å². The smallest absolute Gasteiger partial charge is 0.416 e. The number of ether oxygens (including phenoxy) is 1. The van der Waals surface area contributed by atoms with Gasteiger partial charge >= 0.3 is 12.1 Å². The number of nitrogens with one attached hydrogen (secondary N) is 1. The molecule has 0 spiro atoms. The van der Waals surface area contributed by atoms with Crippen molar-refractivity contribution >= 4 is 21.7 Å². The van der Waals surface area contributed by atoms with Crippen LogP contribution in [0, 0.1) is 0 Å². The van der Waals surface area contributed by atoms with E-state index in [1.165, 1.54) is 13.2 Å². The van der Waals surface area contributed by atoms with E-state index in [0.717, 1.165) is 12.1 Å². The molecule has 0 saturated carbocycles. The Hall–Kier alpha value is -1.77. The molecule has 0 atom stereocenters. The molecular weight excluding hydrogens is 311 g/mol. The van der Waals surface area contributed by atoms with Gasteiger partial charge in [-0.3, -0.25) is 9.52 Å². The number of benzene rings is 1. The highest BCUT2D eigenvalue weighted by Gasteiger charge is 2.30. The number of rotatable bonds is 6. The van der Waals surface area contributed by atoms with Gasteiger partial charge in [0.25, 0.3) is 0 Å². The molecular formula is C12H14F3NO4S. The van der Waals surface area contributed by atoms with Gasteiger partial charge in [0.15, 0.2) is 0 Å². The van der Waals surface area contributed by atoms with E-state index < -0.39 is 33.5 Å². The lowest BCUT2D eigenvalue weighted by Gasteiger charge is -2.11. The van der Waals surface area contributed by atoms with Crippen LogP contribution in [0.5, 0.6) is 0 Å². The maximum Gasteiger partial charge on any atom is 0.416 e. The molecule has 0 radical (unpaired) electrons. The number of sulfonamides is 1. The van der Waals surface area contributed by atoms with Crippen LogP contribution in [-0.4, -0.2) is 27.2 Å². The monoisotopic (exact) mass is 325 g/mol. The standard InChI is InChI=1S/C12H14F3NO4S/c1-20-11(17)6-3-7-21(18,19)16-10-5-2-4-9(8-10)12(13,14)15/h2,4-5,8,16H,3,6-7H2,1H3. The van der Waals surface area contributed by atoms with E-state index in [-0.39, 0.29) is 18.5 Å². The maximum absolute atomic E-state index is 12.5. The second-order valence-electron chi connectivity index (χ2n) is 4.18. The van der Waals surface area contributed by atoms with Crippen LogP contribution in [0.15, 0.2) is 24.3 Å². The second-order valence-corrected chi connectivity index (χ2v) is 6.02. The summed E-state index contributed by atoms with van der Waals surface area (Å²) in [5.41, 5.74) is -1.12. The molecule has 0 aliphatic rings. The first kappa shape index (κ1) is 17.3. The molecule has 0 unspecified atom stereocenters. The van der Waals surface area contributed by atoms with Crippen molar-refractivity contribution in [2.45, 2.75) is 19.0 Å². The third kappa shape index (κ3) is 6.03. The van der Waals surface area contributed by atoms with Crippen molar-refractivity contribution in [1.82, 2.24) is 0 Å². The van der Waals surface area contributed by atoms with Gasteiger partial charge in [0, 0.05) is 12.1 Å². The zero-order chi connectivity index (χ0) is 16.1. The second kappa shape index (κ2) is 6.79. The molecule has 0 fully saturated rings.